The molecule has 6 nitrogen and oxygen atoms in total. The van der Waals surface area contributed by atoms with Crippen molar-refractivity contribution >= 4 is 39.8 Å². The van der Waals surface area contributed by atoms with Gasteiger partial charge in [0.05, 0.1) is 11.8 Å². The molecule has 4 aromatic rings. The number of carbonyl (C=O) groups is 1. The minimum absolute atomic E-state index is 0.0183. The number of halogens is 1. The van der Waals surface area contributed by atoms with Crippen LogP contribution < -0.4 is 16.6 Å². The molecule has 0 spiro atoms. The molecular weight excluding hydrogens is 390 g/mol. The fraction of sp³-hybridized carbons (Fsp3) is 0.0909. The summed E-state index contributed by atoms with van der Waals surface area (Å²) in [5.41, 5.74) is 7.46. The molecule has 2 aromatic carbocycles. The Hall–Kier alpha value is -3.51. The van der Waals surface area contributed by atoms with Gasteiger partial charge in [0.1, 0.15) is 11.3 Å². The molecule has 0 bridgehead atoms. The highest BCUT2D eigenvalue weighted by Gasteiger charge is 2.17. The maximum absolute atomic E-state index is 13.1. The highest BCUT2D eigenvalue weighted by Crippen LogP contribution is 2.22. The lowest BCUT2D eigenvalue weighted by molar-refractivity contribution is 0.102. The Balaban J connectivity index is 1.76. The molecule has 1 amide bonds. The molecule has 29 heavy (non-hydrogen) atoms. The highest BCUT2D eigenvalue weighted by molar-refractivity contribution is 6.30. The second-order valence-electron chi connectivity index (χ2n) is 6.59. The lowest BCUT2D eigenvalue weighted by atomic mass is 10.1. The van der Waals surface area contributed by atoms with Gasteiger partial charge in [-0.25, -0.2) is 0 Å². The topological polar surface area (TPSA) is 90.3 Å². The molecule has 0 atom stereocenters. The first-order valence-corrected chi connectivity index (χ1v) is 9.42. The number of hydrogen-bond donors (Lipinski definition) is 2. The monoisotopic (exact) mass is 407 g/mol. The van der Waals surface area contributed by atoms with Crippen LogP contribution in [-0.4, -0.2) is 10.5 Å². The van der Waals surface area contributed by atoms with Gasteiger partial charge in [0, 0.05) is 34.7 Å². The molecule has 0 aliphatic carbocycles. The lowest BCUT2D eigenvalue weighted by Gasteiger charge is -2.14. The number of benzene rings is 2. The van der Waals surface area contributed by atoms with Crippen LogP contribution in [-0.2, 0) is 13.0 Å². The van der Waals surface area contributed by atoms with Gasteiger partial charge < -0.3 is 20.0 Å². The zero-order valence-electron chi connectivity index (χ0n) is 15.4. The van der Waals surface area contributed by atoms with Crippen LogP contribution in [0.2, 0.25) is 5.02 Å². The fourth-order valence-electron chi connectivity index (χ4n) is 3.22. The van der Waals surface area contributed by atoms with E-state index >= 15 is 0 Å². The van der Waals surface area contributed by atoms with Crippen molar-refractivity contribution in [3.8, 4) is 0 Å². The Morgan fingerprint density at radius 2 is 1.90 bits per heavy atom. The number of furan rings is 1. The third-order valence-electron chi connectivity index (χ3n) is 4.68. The largest absolute Gasteiger partial charge is 0.469 e. The molecule has 0 aliphatic rings. The van der Waals surface area contributed by atoms with Crippen LogP contribution in [0.25, 0.3) is 10.9 Å². The molecule has 0 unspecified atom stereocenters. The standard InChI is InChI=1S/C22H18ClN3O3/c23-14-6-8-15(9-7-14)25-21(27)18-13-17-19(24)4-1-5-20(17)26(22(18)28)11-10-16-3-2-12-29-16/h1-9,12-13H,10-11,24H2,(H,25,27). The third-order valence-corrected chi connectivity index (χ3v) is 4.93. The van der Waals surface area contributed by atoms with Gasteiger partial charge in [0.25, 0.3) is 11.5 Å². The number of carbonyl (C=O) groups excluding carboxylic acids is 1. The van der Waals surface area contributed by atoms with E-state index in [1.165, 1.54) is 0 Å². The van der Waals surface area contributed by atoms with E-state index in [1.807, 2.05) is 12.1 Å². The van der Waals surface area contributed by atoms with E-state index in [2.05, 4.69) is 5.32 Å². The second kappa shape index (κ2) is 7.85. The first-order chi connectivity index (χ1) is 14.0. The van der Waals surface area contributed by atoms with Gasteiger partial charge in [0.2, 0.25) is 0 Å². The molecule has 4 rings (SSSR count). The van der Waals surface area contributed by atoms with Gasteiger partial charge in [-0.05, 0) is 54.6 Å². The molecule has 146 valence electrons. The van der Waals surface area contributed by atoms with E-state index in [4.69, 9.17) is 21.8 Å². The summed E-state index contributed by atoms with van der Waals surface area (Å²) in [6.07, 6.45) is 2.10. The number of anilines is 2. The number of aromatic nitrogens is 1. The Morgan fingerprint density at radius 1 is 1.10 bits per heavy atom. The minimum Gasteiger partial charge on any atom is -0.469 e. The zero-order chi connectivity index (χ0) is 20.4. The summed E-state index contributed by atoms with van der Waals surface area (Å²) in [4.78, 5) is 26.0. The van der Waals surface area contributed by atoms with Gasteiger partial charge in [-0.15, -0.1) is 0 Å². The Kier molecular flexibility index (Phi) is 5.10. The first-order valence-electron chi connectivity index (χ1n) is 9.04. The summed E-state index contributed by atoms with van der Waals surface area (Å²) in [5.74, 6) is 0.249. The summed E-state index contributed by atoms with van der Waals surface area (Å²) in [7, 11) is 0. The van der Waals surface area contributed by atoms with Crippen molar-refractivity contribution in [2.24, 2.45) is 0 Å². The van der Waals surface area contributed by atoms with Crippen molar-refractivity contribution in [2.45, 2.75) is 13.0 Å². The molecule has 0 saturated carbocycles. The number of nitrogens with two attached hydrogens (primary N) is 1. The maximum atomic E-state index is 13.1. The highest BCUT2D eigenvalue weighted by atomic mass is 35.5. The summed E-state index contributed by atoms with van der Waals surface area (Å²) < 4.78 is 6.93. The van der Waals surface area contributed by atoms with Crippen LogP contribution in [0, 0.1) is 0 Å². The van der Waals surface area contributed by atoms with Crippen molar-refractivity contribution < 1.29 is 9.21 Å². The molecule has 0 aliphatic heterocycles. The number of nitrogen functional groups attached to an aromatic ring is 1. The third kappa shape index (κ3) is 3.88. The van der Waals surface area contributed by atoms with E-state index in [9.17, 15) is 9.59 Å². The number of amides is 1. The second-order valence-corrected chi connectivity index (χ2v) is 7.02. The van der Waals surface area contributed by atoms with Gasteiger partial charge in [-0.1, -0.05) is 17.7 Å². The Bertz CT molecular complexity index is 1230. The predicted molar refractivity (Wildman–Crippen MR) is 114 cm³/mol. The van der Waals surface area contributed by atoms with Crippen molar-refractivity contribution in [1.29, 1.82) is 0 Å². The number of hydrogen-bond acceptors (Lipinski definition) is 4. The van der Waals surface area contributed by atoms with Crippen LogP contribution >= 0.6 is 11.6 Å². The normalized spacial score (nSPS) is 10.9. The summed E-state index contributed by atoms with van der Waals surface area (Å²) in [5, 5.41) is 3.94. The van der Waals surface area contributed by atoms with Crippen LogP contribution in [0.1, 0.15) is 16.1 Å². The molecule has 0 saturated heterocycles. The van der Waals surface area contributed by atoms with Crippen LogP contribution in [0.3, 0.4) is 0 Å². The predicted octanol–water partition coefficient (Wildman–Crippen LogP) is 4.33. The molecule has 7 heteroatoms. The average molecular weight is 408 g/mol. The zero-order valence-corrected chi connectivity index (χ0v) is 16.1. The van der Waals surface area contributed by atoms with Gasteiger partial charge in [-0.3, -0.25) is 9.59 Å². The number of rotatable bonds is 5. The first kappa shape index (κ1) is 18.8. The number of nitrogens with zero attached hydrogens (tertiary/aromatic N) is 1. The summed E-state index contributed by atoms with van der Waals surface area (Å²) in [6, 6.07) is 17.2. The minimum atomic E-state index is -0.505. The number of nitrogens with one attached hydrogen (secondary N) is 1. The number of aryl methyl sites for hydroxylation is 2. The SMILES string of the molecule is Nc1cccc2c1cc(C(=O)Nc1ccc(Cl)cc1)c(=O)n2CCc1ccco1. The fourth-order valence-corrected chi connectivity index (χ4v) is 3.34. The molecule has 2 heterocycles. The Morgan fingerprint density at radius 3 is 2.62 bits per heavy atom. The Labute approximate surface area is 171 Å². The molecular formula is C22H18ClN3O3. The van der Waals surface area contributed by atoms with Crippen molar-refractivity contribution in [2.75, 3.05) is 11.1 Å². The van der Waals surface area contributed by atoms with Crippen molar-refractivity contribution in [3.63, 3.8) is 0 Å². The van der Waals surface area contributed by atoms with Crippen molar-refractivity contribution in [3.05, 3.63) is 93.6 Å². The molecule has 3 N–H and O–H groups in total. The van der Waals surface area contributed by atoms with Crippen LogP contribution in [0.15, 0.2) is 76.1 Å². The quantitative estimate of drug-likeness (QED) is 0.482. The van der Waals surface area contributed by atoms with E-state index < -0.39 is 5.91 Å². The lowest BCUT2D eigenvalue weighted by Crippen LogP contribution is -2.30. The maximum Gasteiger partial charge on any atom is 0.263 e. The van der Waals surface area contributed by atoms with Gasteiger partial charge in [-0.2, -0.15) is 0 Å². The van der Waals surface area contributed by atoms with Crippen LogP contribution in [0.4, 0.5) is 11.4 Å². The average Bonchev–Trinajstić information content (AvgIpc) is 3.22. The summed E-state index contributed by atoms with van der Waals surface area (Å²) in [6.45, 7) is 0.356. The number of pyridine rings is 1. The van der Waals surface area contributed by atoms with E-state index in [0.29, 0.717) is 40.3 Å². The smallest absolute Gasteiger partial charge is 0.263 e. The van der Waals surface area contributed by atoms with E-state index in [1.54, 1.807) is 59.4 Å². The van der Waals surface area contributed by atoms with Crippen molar-refractivity contribution in [1.82, 2.24) is 4.57 Å². The number of fused-ring (bicyclic) bond motifs is 1. The van der Waals surface area contributed by atoms with Gasteiger partial charge in [0.15, 0.2) is 0 Å². The molecule has 0 radical (unpaired) electrons. The van der Waals surface area contributed by atoms with Gasteiger partial charge >= 0.3 is 0 Å². The van der Waals surface area contributed by atoms with E-state index in [-0.39, 0.29) is 11.1 Å². The molecule has 0 fully saturated rings. The van der Waals surface area contributed by atoms with Crippen LogP contribution in [0.5, 0.6) is 0 Å². The summed E-state index contributed by atoms with van der Waals surface area (Å²) >= 11 is 5.88. The molecule has 2 aromatic heterocycles. The van der Waals surface area contributed by atoms with E-state index in [0.717, 1.165) is 5.76 Å².